The van der Waals surface area contributed by atoms with Crippen LogP contribution in [-0.2, 0) is 17.8 Å². The second-order valence-corrected chi connectivity index (χ2v) is 5.42. The van der Waals surface area contributed by atoms with Crippen molar-refractivity contribution in [1.29, 1.82) is 0 Å². The Hall–Kier alpha value is -2.33. The summed E-state index contributed by atoms with van der Waals surface area (Å²) in [4.78, 5) is 12.3. The number of nitrogens with one attached hydrogen (secondary N) is 1. The highest BCUT2D eigenvalue weighted by Crippen LogP contribution is 2.33. The second-order valence-electron chi connectivity index (χ2n) is 5.42. The molecule has 0 spiro atoms. The number of aliphatic hydroxyl groups is 1. The van der Waals surface area contributed by atoms with Crippen LogP contribution in [0.1, 0.15) is 22.6 Å². The van der Waals surface area contributed by atoms with Crippen molar-refractivity contribution in [3.8, 4) is 5.75 Å². The van der Waals surface area contributed by atoms with Crippen LogP contribution in [0.25, 0.3) is 0 Å². The maximum absolute atomic E-state index is 12.3. The zero-order valence-electron chi connectivity index (χ0n) is 12.3. The van der Waals surface area contributed by atoms with E-state index in [1.54, 1.807) is 0 Å². The summed E-state index contributed by atoms with van der Waals surface area (Å²) in [5.41, 5.74) is 3.00. The Balaban J connectivity index is 1.52. The van der Waals surface area contributed by atoms with E-state index >= 15 is 0 Å². The van der Waals surface area contributed by atoms with E-state index < -0.39 is 0 Å². The smallest absolute Gasteiger partial charge is 0.231 e. The highest BCUT2D eigenvalue weighted by atomic mass is 16.5. The highest BCUT2D eigenvalue weighted by molar-refractivity contribution is 5.85. The molecule has 1 aliphatic rings. The summed E-state index contributed by atoms with van der Waals surface area (Å²) in [6.07, 6.45) is 0.771. The van der Waals surface area contributed by atoms with E-state index in [9.17, 15) is 4.79 Å². The zero-order valence-corrected chi connectivity index (χ0v) is 12.3. The Bertz CT molecular complexity index is 652. The average Bonchev–Trinajstić information content (AvgIpc) is 2.99. The number of aliphatic hydroxyl groups excluding tert-OH is 1. The lowest BCUT2D eigenvalue weighted by atomic mass is 10.0. The van der Waals surface area contributed by atoms with Gasteiger partial charge in [-0.05, 0) is 23.6 Å². The number of amides is 1. The number of fused-ring (bicyclic) bond motifs is 1. The van der Waals surface area contributed by atoms with Crippen LogP contribution in [0.4, 0.5) is 0 Å². The molecule has 0 aliphatic carbocycles. The molecule has 0 bridgehead atoms. The quantitative estimate of drug-likeness (QED) is 0.887. The highest BCUT2D eigenvalue weighted by Gasteiger charge is 2.29. The van der Waals surface area contributed by atoms with Crippen molar-refractivity contribution in [1.82, 2.24) is 5.32 Å². The van der Waals surface area contributed by atoms with Gasteiger partial charge in [0.1, 0.15) is 18.3 Å². The van der Waals surface area contributed by atoms with Gasteiger partial charge in [0.15, 0.2) is 0 Å². The van der Waals surface area contributed by atoms with Crippen molar-refractivity contribution in [3.63, 3.8) is 0 Å². The lowest BCUT2D eigenvalue weighted by Gasteiger charge is -2.10. The van der Waals surface area contributed by atoms with Gasteiger partial charge >= 0.3 is 0 Å². The topological polar surface area (TPSA) is 58.6 Å². The van der Waals surface area contributed by atoms with Gasteiger partial charge in [0.2, 0.25) is 5.91 Å². The Labute approximate surface area is 129 Å². The lowest BCUT2D eigenvalue weighted by molar-refractivity contribution is -0.122. The van der Waals surface area contributed by atoms with Crippen LogP contribution in [0, 0.1) is 0 Å². The SMILES string of the molecule is O=C(NCCc1ccc(CO)cc1)C1COc2ccccc21. The number of carbonyl (C=O) groups is 1. The normalized spacial score (nSPS) is 16.0. The number of rotatable bonds is 5. The first-order chi connectivity index (χ1) is 10.8. The van der Waals surface area contributed by atoms with Gasteiger partial charge in [0.25, 0.3) is 0 Å². The molecule has 2 aromatic rings. The predicted molar refractivity (Wildman–Crippen MR) is 83.8 cm³/mol. The Morgan fingerprint density at radius 3 is 2.64 bits per heavy atom. The molecule has 2 aromatic carbocycles. The van der Waals surface area contributed by atoms with Gasteiger partial charge in [-0.15, -0.1) is 0 Å². The van der Waals surface area contributed by atoms with Crippen LogP contribution in [0.3, 0.4) is 0 Å². The molecule has 22 heavy (non-hydrogen) atoms. The van der Waals surface area contributed by atoms with Crippen molar-refractivity contribution < 1.29 is 14.6 Å². The molecule has 1 heterocycles. The fraction of sp³-hybridized carbons (Fsp3) is 0.278. The van der Waals surface area contributed by atoms with Gasteiger partial charge in [0.05, 0.1) is 6.61 Å². The van der Waals surface area contributed by atoms with Gasteiger partial charge in [-0.3, -0.25) is 4.79 Å². The Morgan fingerprint density at radius 2 is 1.86 bits per heavy atom. The van der Waals surface area contributed by atoms with Crippen molar-refractivity contribution >= 4 is 5.91 Å². The van der Waals surface area contributed by atoms with Gasteiger partial charge in [0, 0.05) is 12.1 Å². The van der Waals surface area contributed by atoms with E-state index in [2.05, 4.69) is 5.32 Å². The third kappa shape index (κ3) is 3.12. The lowest BCUT2D eigenvalue weighted by Crippen LogP contribution is -2.31. The molecular formula is C18H19NO3. The van der Waals surface area contributed by atoms with Crippen LogP contribution in [0.2, 0.25) is 0 Å². The molecule has 1 atom stereocenters. The first-order valence-corrected chi connectivity index (χ1v) is 7.46. The van der Waals surface area contributed by atoms with Gasteiger partial charge < -0.3 is 15.2 Å². The molecule has 1 amide bonds. The Kier molecular flexibility index (Phi) is 4.39. The van der Waals surface area contributed by atoms with E-state index in [4.69, 9.17) is 9.84 Å². The first-order valence-electron chi connectivity index (χ1n) is 7.46. The van der Waals surface area contributed by atoms with Gasteiger partial charge in [-0.1, -0.05) is 42.5 Å². The number of para-hydroxylation sites is 1. The van der Waals surface area contributed by atoms with Crippen molar-refractivity contribution in [2.75, 3.05) is 13.2 Å². The second kappa shape index (κ2) is 6.62. The molecule has 0 saturated carbocycles. The largest absolute Gasteiger partial charge is 0.492 e. The fourth-order valence-electron chi connectivity index (χ4n) is 2.64. The minimum absolute atomic E-state index is 0.0110. The molecule has 3 rings (SSSR count). The van der Waals surface area contributed by atoms with Crippen molar-refractivity contribution in [2.45, 2.75) is 18.9 Å². The van der Waals surface area contributed by atoms with Crippen LogP contribution >= 0.6 is 0 Å². The molecule has 2 N–H and O–H groups in total. The van der Waals surface area contributed by atoms with Crippen molar-refractivity contribution in [3.05, 3.63) is 65.2 Å². The maximum Gasteiger partial charge on any atom is 0.231 e. The summed E-state index contributed by atoms with van der Waals surface area (Å²) in [5, 5.41) is 12.0. The molecule has 114 valence electrons. The summed E-state index contributed by atoms with van der Waals surface area (Å²) < 4.78 is 5.54. The molecule has 0 radical (unpaired) electrons. The summed E-state index contributed by atoms with van der Waals surface area (Å²) in [7, 11) is 0. The minimum Gasteiger partial charge on any atom is -0.492 e. The van der Waals surface area contributed by atoms with E-state index in [1.807, 2.05) is 48.5 Å². The number of benzene rings is 2. The third-order valence-corrected chi connectivity index (χ3v) is 3.93. The summed E-state index contributed by atoms with van der Waals surface area (Å²) in [5.74, 6) is 0.604. The van der Waals surface area contributed by atoms with Gasteiger partial charge in [-0.2, -0.15) is 0 Å². The monoisotopic (exact) mass is 297 g/mol. The maximum atomic E-state index is 12.3. The molecule has 4 nitrogen and oxygen atoms in total. The molecule has 1 aliphatic heterocycles. The number of ether oxygens (including phenoxy) is 1. The third-order valence-electron chi connectivity index (χ3n) is 3.93. The number of hydrogen-bond donors (Lipinski definition) is 2. The average molecular weight is 297 g/mol. The van der Waals surface area contributed by atoms with Gasteiger partial charge in [-0.25, -0.2) is 0 Å². The van der Waals surface area contributed by atoms with Crippen LogP contribution < -0.4 is 10.1 Å². The Morgan fingerprint density at radius 1 is 1.14 bits per heavy atom. The van der Waals surface area contributed by atoms with Crippen molar-refractivity contribution in [2.24, 2.45) is 0 Å². The molecule has 4 heteroatoms. The predicted octanol–water partition coefficient (Wildman–Crippen LogP) is 2.01. The van der Waals surface area contributed by atoms with E-state index in [-0.39, 0.29) is 18.4 Å². The summed E-state index contributed by atoms with van der Waals surface area (Å²) in [6.45, 7) is 1.06. The minimum atomic E-state index is -0.215. The van der Waals surface area contributed by atoms with Crippen LogP contribution in [-0.4, -0.2) is 24.2 Å². The number of hydrogen-bond acceptors (Lipinski definition) is 3. The standard InChI is InChI=1S/C18H19NO3/c20-11-14-7-5-13(6-8-14)9-10-19-18(21)16-12-22-17-4-2-1-3-15(16)17/h1-8,16,20H,9-12H2,(H,19,21). The molecule has 0 aromatic heterocycles. The molecular weight excluding hydrogens is 278 g/mol. The fourth-order valence-corrected chi connectivity index (χ4v) is 2.64. The molecule has 0 saturated heterocycles. The zero-order chi connectivity index (χ0) is 15.4. The molecule has 0 fully saturated rings. The van der Waals surface area contributed by atoms with Crippen LogP contribution in [0.15, 0.2) is 48.5 Å². The van der Waals surface area contributed by atoms with Crippen LogP contribution in [0.5, 0.6) is 5.75 Å². The first kappa shape index (κ1) is 14.6. The molecule has 1 unspecified atom stereocenters. The summed E-state index contributed by atoms with van der Waals surface area (Å²) in [6, 6.07) is 15.4. The van der Waals surface area contributed by atoms with E-state index in [1.165, 1.54) is 0 Å². The van der Waals surface area contributed by atoms with E-state index in [0.29, 0.717) is 13.2 Å². The summed E-state index contributed by atoms with van der Waals surface area (Å²) >= 11 is 0. The number of carbonyl (C=O) groups excluding carboxylic acids is 1. The van der Waals surface area contributed by atoms with E-state index in [0.717, 1.165) is 28.9 Å².